The van der Waals surface area contributed by atoms with Gasteiger partial charge in [-0.05, 0) is 19.8 Å². The molecule has 0 amide bonds. The molecule has 0 fully saturated rings. The van der Waals surface area contributed by atoms with E-state index in [-0.39, 0.29) is 0 Å². The fraction of sp³-hybridized carbons (Fsp3) is 0.684. The number of hydrogen-bond acceptors (Lipinski definition) is 0. The lowest BCUT2D eigenvalue weighted by molar-refractivity contribution is -0.926. The fourth-order valence-electron chi connectivity index (χ4n) is 2.78. The van der Waals surface area contributed by atoms with Gasteiger partial charge in [0.1, 0.15) is 6.54 Å². The number of unbranched alkanes of at least 4 members (excludes halogenated alkanes) is 5. The molecule has 0 radical (unpaired) electrons. The van der Waals surface area contributed by atoms with E-state index in [4.69, 9.17) is 0 Å². The average Bonchev–Trinajstić information content (AvgIpc) is 2.43. The van der Waals surface area contributed by atoms with Crippen LogP contribution in [0.15, 0.2) is 30.3 Å². The second-order valence-corrected chi connectivity index (χ2v) is 6.83. The lowest BCUT2D eigenvalue weighted by Crippen LogP contribution is -2.46. The third-order valence-corrected chi connectivity index (χ3v) is 4.60. The Morgan fingerprint density at radius 3 is 2.15 bits per heavy atom. The van der Waals surface area contributed by atoms with Gasteiger partial charge in [-0.1, -0.05) is 69.4 Å². The Bertz CT molecular complexity index is 342. The van der Waals surface area contributed by atoms with Gasteiger partial charge in [0.25, 0.3) is 0 Å². The highest BCUT2D eigenvalue weighted by atomic mass is 15.3. The van der Waals surface area contributed by atoms with Crippen LogP contribution >= 0.6 is 0 Å². The Labute approximate surface area is 126 Å². The van der Waals surface area contributed by atoms with Crippen molar-refractivity contribution in [3.8, 4) is 0 Å². The van der Waals surface area contributed by atoms with Crippen molar-refractivity contribution in [3.05, 3.63) is 35.9 Å². The zero-order valence-electron chi connectivity index (χ0n) is 14.1. The second kappa shape index (κ2) is 9.18. The predicted octanol–water partition coefficient (Wildman–Crippen LogP) is 5.40. The van der Waals surface area contributed by atoms with Crippen LogP contribution in [0.5, 0.6) is 0 Å². The number of rotatable bonds is 10. The third kappa shape index (κ3) is 6.56. The van der Waals surface area contributed by atoms with Crippen molar-refractivity contribution in [2.45, 2.75) is 71.4 Å². The molecule has 0 N–H and O–H groups in total. The molecule has 0 bridgehead atoms. The predicted molar refractivity (Wildman–Crippen MR) is 89.7 cm³/mol. The van der Waals surface area contributed by atoms with E-state index in [1.165, 1.54) is 50.5 Å². The molecule has 1 rings (SSSR count). The van der Waals surface area contributed by atoms with E-state index in [1.807, 2.05) is 0 Å². The maximum Gasteiger partial charge on any atom is 0.104 e. The van der Waals surface area contributed by atoms with Crippen molar-refractivity contribution < 1.29 is 4.48 Å². The van der Waals surface area contributed by atoms with Crippen LogP contribution in [-0.4, -0.2) is 24.6 Å². The standard InChI is InChI=1S/C19H34N/c1-5-6-7-8-9-11-14-18(2)20(3,4)17-19-15-12-10-13-16-19/h10,12-13,15-16,18H,5-9,11,14,17H2,1-4H3/q+1. The van der Waals surface area contributed by atoms with Crippen molar-refractivity contribution in [1.82, 2.24) is 0 Å². The number of hydrogen-bond donors (Lipinski definition) is 0. The van der Waals surface area contributed by atoms with Crippen LogP contribution in [0, 0.1) is 0 Å². The van der Waals surface area contributed by atoms with E-state index in [0.717, 1.165) is 17.1 Å². The summed E-state index contributed by atoms with van der Waals surface area (Å²) in [6.45, 7) is 5.83. The molecular formula is C19H34N+. The summed E-state index contributed by atoms with van der Waals surface area (Å²) >= 11 is 0. The lowest BCUT2D eigenvalue weighted by Gasteiger charge is -2.36. The van der Waals surface area contributed by atoms with Crippen LogP contribution in [0.3, 0.4) is 0 Å². The van der Waals surface area contributed by atoms with Crippen LogP contribution in [0.1, 0.15) is 64.4 Å². The molecule has 0 aliphatic carbocycles. The molecule has 0 aromatic heterocycles. The van der Waals surface area contributed by atoms with Crippen LogP contribution in [0.4, 0.5) is 0 Å². The third-order valence-electron chi connectivity index (χ3n) is 4.60. The summed E-state index contributed by atoms with van der Waals surface area (Å²) in [6.07, 6.45) is 9.76. The molecule has 0 saturated heterocycles. The van der Waals surface area contributed by atoms with Gasteiger partial charge >= 0.3 is 0 Å². The fourth-order valence-corrected chi connectivity index (χ4v) is 2.78. The van der Waals surface area contributed by atoms with Gasteiger partial charge in [-0.2, -0.15) is 0 Å². The van der Waals surface area contributed by atoms with Gasteiger partial charge < -0.3 is 4.48 Å². The zero-order valence-corrected chi connectivity index (χ0v) is 14.1. The largest absolute Gasteiger partial charge is 0.323 e. The highest BCUT2D eigenvalue weighted by molar-refractivity contribution is 5.13. The molecule has 20 heavy (non-hydrogen) atoms. The van der Waals surface area contributed by atoms with Gasteiger partial charge in [-0.25, -0.2) is 0 Å². The highest BCUT2D eigenvalue weighted by Gasteiger charge is 2.23. The van der Waals surface area contributed by atoms with E-state index in [1.54, 1.807) is 0 Å². The number of benzene rings is 1. The molecule has 0 aliphatic rings. The summed E-state index contributed by atoms with van der Waals surface area (Å²) in [5, 5.41) is 0. The van der Waals surface area contributed by atoms with Crippen molar-refractivity contribution in [2.75, 3.05) is 14.1 Å². The minimum absolute atomic E-state index is 0.737. The maximum atomic E-state index is 2.41. The van der Waals surface area contributed by atoms with E-state index < -0.39 is 0 Å². The van der Waals surface area contributed by atoms with Crippen LogP contribution in [-0.2, 0) is 6.54 Å². The Morgan fingerprint density at radius 2 is 1.50 bits per heavy atom. The number of quaternary nitrogens is 1. The molecule has 0 spiro atoms. The first-order valence-electron chi connectivity index (χ1n) is 8.43. The quantitative estimate of drug-likeness (QED) is 0.396. The first-order chi connectivity index (χ1) is 9.56. The van der Waals surface area contributed by atoms with Crippen molar-refractivity contribution in [3.63, 3.8) is 0 Å². The van der Waals surface area contributed by atoms with Crippen molar-refractivity contribution >= 4 is 0 Å². The average molecular weight is 276 g/mol. The molecule has 1 atom stereocenters. The second-order valence-electron chi connectivity index (χ2n) is 6.83. The van der Waals surface area contributed by atoms with Gasteiger partial charge in [0.2, 0.25) is 0 Å². The van der Waals surface area contributed by atoms with Gasteiger partial charge in [0, 0.05) is 5.56 Å². The van der Waals surface area contributed by atoms with Gasteiger partial charge in [-0.15, -0.1) is 0 Å². The number of nitrogens with zero attached hydrogens (tertiary/aromatic N) is 1. The summed E-state index contributed by atoms with van der Waals surface area (Å²) in [6, 6.07) is 11.6. The molecule has 1 nitrogen and oxygen atoms in total. The van der Waals surface area contributed by atoms with Gasteiger partial charge in [0.15, 0.2) is 0 Å². The first kappa shape index (κ1) is 17.2. The van der Waals surface area contributed by atoms with E-state index in [0.29, 0.717) is 0 Å². The summed E-state index contributed by atoms with van der Waals surface area (Å²) in [7, 11) is 4.74. The summed E-state index contributed by atoms with van der Waals surface area (Å²) in [5.41, 5.74) is 1.45. The van der Waals surface area contributed by atoms with Gasteiger partial charge in [0.05, 0.1) is 20.1 Å². The Morgan fingerprint density at radius 1 is 0.900 bits per heavy atom. The van der Waals surface area contributed by atoms with E-state index in [9.17, 15) is 0 Å². The topological polar surface area (TPSA) is 0 Å². The monoisotopic (exact) mass is 276 g/mol. The van der Waals surface area contributed by atoms with Crippen molar-refractivity contribution in [1.29, 1.82) is 0 Å². The minimum Gasteiger partial charge on any atom is -0.323 e. The smallest absolute Gasteiger partial charge is 0.104 e. The Hall–Kier alpha value is -0.820. The summed E-state index contributed by atoms with van der Waals surface area (Å²) in [5.74, 6) is 0. The summed E-state index contributed by atoms with van der Waals surface area (Å²) in [4.78, 5) is 0. The van der Waals surface area contributed by atoms with Crippen LogP contribution in [0.2, 0.25) is 0 Å². The van der Waals surface area contributed by atoms with Crippen molar-refractivity contribution in [2.24, 2.45) is 0 Å². The van der Waals surface area contributed by atoms with E-state index >= 15 is 0 Å². The maximum absolute atomic E-state index is 2.41. The summed E-state index contributed by atoms with van der Waals surface area (Å²) < 4.78 is 1.10. The highest BCUT2D eigenvalue weighted by Crippen LogP contribution is 2.19. The molecule has 0 saturated carbocycles. The Kier molecular flexibility index (Phi) is 7.91. The molecule has 114 valence electrons. The molecule has 1 aromatic carbocycles. The SMILES string of the molecule is CCCCCCCCC(C)[N+](C)(C)Cc1ccccc1. The van der Waals surface area contributed by atoms with Gasteiger partial charge in [-0.3, -0.25) is 0 Å². The first-order valence-corrected chi connectivity index (χ1v) is 8.43. The lowest BCUT2D eigenvalue weighted by atomic mass is 10.0. The van der Waals surface area contributed by atoms with Crippen LogP contribution < -0.4 is 0 Å². The molecule has 0 heterocycles. The normalized spacial score (nSPS) is 13.4. The molecule has 1 heteroatoms. The van der Waals surface area contributed by atoms with E-state index in [2.05, 4.69) is 58.3 Å². The zero-order chi connectivity index (χ0) is 14.8. The molecular weight excluding hydrogens is 242 g/mol. The minimum atomic E-state index is 0.737. The molecule has 1 aromatic rings. The van der Waals surface area contributed by atoms with Crippen LogP contribution in [0.25, 0.3) is 0 Å². The Balaban J connectivity index is 2.28. The molecule has 1 unspecified atom stereocenters. The molecule has 0 aliphatic heterocycles.